The second-order valence-electron chi connectivity index (χ2n) is 9.10. The number of nitrogens with zero attached hydrogens (tertiary/aromatic N) is 2. The van der Waals surface area contributed by atoms with E-state index in [1.54, 1.807) is 0 Å². The fraction of sp³-hybridized carbons (Fsp3) is 0.652. The molecule has 144 valence electrons. The number of fused-ring (bicyclic) bond motifs is 2. The molecule has 1 aliphatic heterocycles. The Kier molecular flexibility index (Phi) is 4.15. The maximum absolute atomic E-state index is 6.10. The number of rotatable bonds is 4. The van der Waals surface area contributed by atoms with Crippen LogP contribution in [0.1, 0.15) is 56.6 Å². The number of aliphatic imine (C=N–C) groups is 2. The maximum Gasteiger partial charge on any atom is 0.159 e. The molecule has 0 bridgehead atoms. The van der Waals surface area contributed by atoms with E-state index in [0.29, 0.717) is 0 Å². The molecule has 5 rings (SSSR count). The molecule has 3 unspecified atom stereocenters. The summed E-state index contributed by atoms with van der Waals surface area (Å²) in [6, 6.07) is 6.73. The average Bonchev–Trinajstić information content (AvgIpc) is 3.18. The van der Waals surface area contributed by atoms with Gasteiger partial charge in [0.05, 0.1) is 18.4 Å². The van der Waals surface area contributed by atoms with Gasteiger partial charge < -0.3 is 9.47 Å². The molecule has 0 N–H and O–H groups in total. The zero-order valence-electron chi connectivity index (χ0n) is 16.5. The highest BCUT2D eigenvalue weighted by atomic mass is 16.5. The van der Waals surface area contributed by atoms with Gasteiger partial charge in [0, 0.05) is 25.2 Å². The summed E-state index contributed by atoms with van der Waals surface area (Å²) in [6.45, 7) is 2.94. The topological polar surface area (TPSA) is 43.2 Å². The lowest BCUT2D eigenvalue weighted by Crippen LogP contribution is -2.51. The number of hydrogen-bond donors (Lipinski definition) is 0. The SMILES string of the molecule is COC1CCC2(Cc3ccc(OCC4CCC4)cc3C2)C2(C1)N=CC(C)=N2. The van der Waals surface area contributed by atoms with Crippen LogP contribution in [0.3, 0.4) is 0 Å². The standard InChI is InChI=1S/C23H30N2O2/c1-16-14-24-23(25-16)13-21(26-2)8-9-22(23)11-18-6-7-20(10-19(18)12-22)27-15-17-4-3-5-17/h6-7,10,14,17,21H,3-5,8-9,11-13,15H2,1-2H3. The van der Waals surface area contributed by atoms with Crippen LogP contribution in [0.25, 0.3) is 0 Å². The van der Waals surface area contributed by atoms with E-state index in [4.69, 9.17) is 19.5 Å². The van der Waals surface area contributed by atoms with Crippen molar-refractivity contribution in [3.63, 3.8) is 0 Å². The molecule has 1 aromatic carbocycles. The lowest BCUT2D eigenvalue weighted by atomic mass is 9.63. The third-order valence-corrected chi connectivity index (χ3v) is 7.41. The zero-order valence-corrected chi connectivity index (χ0v) is 16.5. The predicted octanol–water partition coefficient (Wildman–Crippen LogP) is 4.39. The molecule has 3 aliphatic carbocycles. The minimum atomic E-state index is -0.345. The Balaban J connectivity index is 1.40. The summed E-state index contributed by atoms with van der Waals surface area (Å²) in [4.78, 5) is 10.1. The van der Waals surface area contributed by atoms with Crippen molar-refractivity contribution in [3.05, 3.63) is 29.3 Å². The fourth-order valence-corrected chi connectivity index (χ4v) is 5.53. The van der Waals surface area contributed by atoms with E-state index in [-0.39, 0.29) is 17.2 Å². The van der Waals surface area contributed by atoms with Crippen LogP contribution in [0, 0.1) is 11.3 Å². The Bertz CT molecular complexity index is 798. The van der Waals surface area contributed by atoms with Crippen LogP contribution >= 0.6 is 0 Å². The smallest absolute Gasteiger partial charge is 0.159 e. The van der Waals surface area contributed by atoms with E-state index in [9.17, 15) is 0 Å². The molecule has 2 spiro atoms. The molecule has 1 aromatic rings. The summed E-state index contributed by atoms with van der Waals surface area (Å²) >= 11 is 0. The fourth-order valence-electron chi connectivity index (χ4n) is 5.53. The lowest BCUT2D eigenvalue weighted by Gasteiger charge is -2.48. The molecule has 0 amide bonds. The van der Waals surface area contributed by atoms with Crippen molar-refractivity contribution in [1.29, 1.82) is 0 Å². The van der Waals surface area contributed by atoms with Gasteiger partial charge in [0.15, 0.2) is 5.66 Å². The van der Waals surface area contributed by atoms with E-state index in [0.717, 1.165) is 56.1 Å². The quantitative estimate of drug-likeness (QED) is 0.793. The van der Waals surface area contributed by atoms with Gasteiger partial charge in [-0.2, -0.15) is 0 Å². The summed E-state index contributed by atoms with van der Waals surface area (Å²) in [7, 11) is 1.82. The van der Waals surface area contributed by atoms with Crippen molar-refractivity contribution in [1.82, 2.24) is 0 Å². The third-order valence-electron chi connectivity index (χ3n) is 7.41. The lowest BCUT2D eigenvalue weighted by molar-refractivity contribution is -0.0222. The molecular formula is C23H30N2O2. The van der Waals surface area contributed by atoms with E-state index < -0.39 is 0 Å². The van der Waals surface area contributed by atoms with Gasteiger partial charge >= 0.3 is 0 Å². The van der Waals surface area contributed by atoms with E-state index in [2.05, 4.69) is 25.1 Å². The Morgan fingerprint density at radius 2 is 2.00 bits per heavy atom. The van der Waals surface area contributed by atoms with Gasteiger partial charge in [-0.25, -0.2) is 0 Å². The molecule has 2 fully saturated rings. The van der Waals surface area contributed by atoms with E-state index >= 15 is 0 Å². The normalized spacial score (nSPS) is 34.7. The second-order valence-corrected chi connectivity index (χ2v) is 9.10. The first-order valence-electron chi connectivity index (χ1n) is 10.5. The van der Waals surface area contributed by atoms with Gasteiger partial charge in [-0.15, -0.1) is 0 Å². The Hall–Kier alpha value is -1.68. The predicted molar refractivity (Wildman–Crippen MR) is 108 cm³/mol. The Morgan fingerprint density at radius 1 is 1.15 bits per heavy atom. The van der Waals surface area contributed by atoms with Crippen molar-refractivity contribution >= 4 is 11.9 Å². The molecular weight excluding hydrogens is 336 g/mol. The molecule has 0 aromatic heterocycles. The van der Waals surface area contributed by atoms with Crippen molar-refractivity contribution in [2.75, 3.05) is 13.7 Å². The summed E-state index contributed by atoms with van der Waals surface area (Å²) in [5.74, 6) is 1.80. The van der Waals surface area contributed by atoms with Gasteiger partial charge in [-0.3, -0.25) is 9.98 Å². The molecule has 0 radical (unpaired) electrons. The highest BCUT2D eigenvalue weighted by Crippen LogP contribution is 2.57. The van der Waals surface area contributed by atoms with Gasteiger partial charge in [-0.1, -0.05) is 12.5 Å². The van der Waals surface area contributed by atoms with Crippen molar-refractivity contribution in [2.45, 2.75) is 70.1 Å². The van der Waals surface area contributed by atoms with Crippen LogP contribution in [0.4, 0.5) is 0 Å². The molecule has 27 heavy (non-hydrogen) atoms. The highest BCUT2D eigenvalue weighted by Gasteiger charge is 2.58. The third kappa shape index (κ3) is 2.84. The summed E-state index contributed by atoms with van der Waals surface area (Å²) < 4.78 is 11.8. The number of ether oxygens (including phenoxy) is 2. The van der Waals surface area contributed by atoms with Gasteiger partial charge in [0.25, 0.3) is 0 Å². The van der Waals surface area contributed by atoms with Crippen LogP contribution in [-0.4, -0.2) is 37.4 Å². The van der Waals surface area contributed by atoms with Crippen molar-refractivity contribution < 1.29 is 9.47 Å². The second kappa shape index (κ2) is 6.44. The van der Waals surface area contributed by atoms with Crippen molar-refractivity contribution in [3.8, 4) is 5.75 Å². The monoisotopic (exact) mass is 366 g/mol. The minimum Gasteiger partial charge on any atom is -0.493 e. The van der Waals surface area contributed by atoms with Crippen molar-refractivity contribution in [2.24, 2.45) is 21.3 Å². The van der Waals surface area contributed by atoms with E-state index in [1.165, 1.54) is 30.4 Å². The number of methoxy groups -OCH3 is 1. The molecule has 4 aliphatic rings. The maximum atomic E-state index is 6.10. The number of benzene rings is 1. The molecule has 4 heteroatoms. The van der Waals surface area contributed by atoms with Crippen LogP contribution in [-0.2, 0) is 17.6 Å². The Labute approximate surface area is 162 Å². The zero-order chi connectivity index (χ0) is 18.5. The molecule has 4 nitrogen and oxygen atoms in total. The molecule has 1 heterocycles. The first-order chi connectivity index (χ1) is 13.1. The number of hydrogen-bond acceptors (Lipinski definition) is 4. The minimum absolute atomic E-state index is 0.0885. The molecule has 0 saturated heterocycles. The first-order valence-corrected chi connectivity index (χ1v) is 10.5. The molecule has 2 saturated carbocycles. The van der Waals surface area contributed by atoms with Gasteiger partial charge in [0.2, 0.25) is 0 Å². The van der Waals surface area contributed by atoms with Gasteiger partial charge in [0.1, 0.15) is 5.75 Å². The van der Waals surface area contributed by atoms with E-state index in [1.807, 2.05) is 13.3 Å². The van der Waals surface area contributed by atoms with Crippen LogP contribution in [0.2, 0.25) is 0 Å². The molecule has 3 atom stereocenters. The largest absolute Gasteiger partial charge is 0.493 e. The van der Waals surface area contributed by atoms with Crippen LogP contribution in [0.15, 0.2) is 28.2 Å². The summed E-state index contributed by atoms with van der Waals surface area (Å²) in [5.41, 5.74) is 3.68. The van der Waals surface area contributed by atoms with Crippen LogP contribution < -0.4 is 4.74 Å². The average molecular weight is 367 g/mol. The first kappa shape index (κ1) is 17.4. The summed E-state index contributed by atoms with van der Waals surface area (Å²) in [5, 5.41) is 0. The summed E-state index contributed by atoms with van der Waals surface area (Å²) in [6.07, 6.45) is 11.5. The Morgan fingerprint density at radius 3 is 2.70 bits per heavy atom. The highest BCUT2D eigenvalue weighted by molar-refractivity contribution is 6.31. The van der Waals surface area contributed by atoms with Crippen LogP contribution in [0.5, 0.6) is 5.75 Å². The van der Waals surface area contributed by atoms with Gasteiger partial charge in [-0.05, 0) is 74.6 Å².